The zero-order chi connectivity index (χ0) is 23.4. The monoisotopic (exact) mass is 482 g/mol. The van der Waals surface area contributed by atoms with Crippen molar-refractivity contribution in [1.82, 2.24) is 4.98 Å². The van der Waals surface area contributed by atoms with E-state index in [9.17, 15) is 14.7 Å². The second-order valence-electron chi connectivity index (χ2n) is 8.17. The van der Waals surface area contributed by atoms with Gasteiger partial charge in [0.2, 0.25) is 0 Å². The average Bonchev–Trinajstić information content (AvgIpc) is 3.38. The average molecular weight is 483 g/mol. The number of amides is 1. The van der Waals surface area contributed by atoms with E-state index in [1.807, 2.05) is 6.07 Å². The Morgan fingerprint density at radius 1 is 1.18 bits per heavy atom. The summed E-state index contributed by atoms with van der Waals surface area (Å²) in [5, 5.41) is 13.2. The van der Waals surface area contributed by atoms with Crippen molar-refractivity contribution in [3.05, 3.63) is 64.3 Å². The van der Waals surface area contributed by atoms with E-state index >= 15 is 0 Å². The molecule has 0 saturated heterocycles. The molecule has 0 spiro atoms. The first-order chi connectivity index (χ1) is 15.8. The Morgan fingerprint density at radius 2 is 1.97 bits per heavy atom. The quantitative estimate of drug-likeness (QED) is 0.281. The maximum absolute atomic E-state index is 13.6. The SMILES string of the molecule is COc1ccc2c(O)cc3c(c2c1)[C@H](CCl)CN3C(=O)c1cc2cc(C(C)=O)c(Cl)cc2[nH]1. The number of aromatic nitrogens is 1. The molecule has 5 rings (SSSR count). The fourth-order valence-electron chi connectivity index (χ4n) is 4.58. The van der Waals surface area contributed by atoms with Crippen LogP contribution in [0.15, 0.2) is 42.5 Å². The number of benzene rings is 3. The number of nitrogens with zero attached hydrogens (tertiary/aromatic N) is 1. The molecule has 2 heterocycles. The Kier molecular flexibility index (Phi) is 5.22. The van der Waals surface area contributed by atoms with Crippen LogP contribution in [-0.2, 0) is 0 Å². The van der Waals surface area contributed by atoms with Crippen LogP contribution in [0.5, 0.6) is 11.5 Å². The minimum absolute atomic E-state index is 0.0777. The number of nitrogens with one attached hydrogen (secondary N) is 1. The lowest BCUT2D eigenvalue weighted by molar-refractivity contribution is 0.0982. The number of Topliss-reactive ketones (excluding diaryl/α,β-unsaturated/α-hetero) is 1. The molecule has 33 heavy (non-hydrogen) atoms. The molecule has 0 unspecified atom stereocenters. The Balaban J connectivity index is 1.63. The Morgan fingerprint density at radius 3 is 2.67 bits per heavy atom. The number of ketones is 1. The Hall–Kier alpha value is -3.22. The summed E-state index contributed by atoms with van der Waals surface area (Å²) in [7, 11) is 1.58. The van der Waals surface area contributed by atoms with Gasteiger partial charge in [-0.2, -0.15) is 0 Å². The first-order valence-corrected chi connectivity index (χ1v) is 11.3. The highest BCUT2D eigenvalue weighted by Gasteiger charge is 2.35. The van der Waals surface area contributed by atoms with Gasteiger partial charge in [-0.15, -0.1) is 11.6 Å². The molecule has 1 aromatic heterocycles. The van der Waals surface area contributed by atoms with Gasteiger partial charge in [0, 0.05) is 46.3 Å². The molecule has 3 aromatic carbocycles. The molecule has 1 amide bonds. The zero-order valence-electron chi connectivity index (χ0n) is 17.9. The van der Waals surface area contributed by atoms with Crippen LogP contribution in [-0.4, -0.2) is 41.3 Å². The summed E-state index contributed by atoms with van der Waals surface area (Å²) in [5.74, 6) is 0.535. The Bertz CT molecular complexity index is 1460. The summed E-state index contributed by atoms with van der Waals surface area (Å²) in [4.78, 5) is 30.1. The van der Waals surface area contributed by atoms with Gasteiger partial charge >= 0.3 is 0 Å². The molecule has 1 aliphatic rings. The number of halogens is 2. The summed E-state index contributed by atoms with van der Waals surface area (Å²) in [6.45, 7) is 1.83. The first kappa shape index (κ1) is 21.6. The number of aromatic amines is 1. The van der Waals surface area contributed by atoms with Crippen molar-refractivity contribution in [3.63, 3.8) is 0 Å². The number of methoxy groups -OCH3 is 1. The highest BCUT2D eigenvalue weighted by atomic mass is 35.5. The minimum atomic E-state index is -0.262. The van der Waals surface area contributed by atoms with Crippen molar-refractivity contribution < 1.29 is 19.4 Å². The molecule has 0 aliphatic carbocycles. The molecule has 168 valence electrons. The molecular weight excluding hydrogens is 463 g/mol. The molecule has 4 aromatic rings. The van der Waals surface area contributed by atoms with Crippen LogP contribution in [0.4, 0.5) is 5.69 Å². The van der Waals surface area contributed by atoms with E-state index in [-0.39, 0.29) is 23.4 Å². The van der Waals surface area contributed by atoms with Crippen molar-refractivity contribution in [1.29, 1.82) is 0 Å². The molecule has 6 nitrogen and oxygen atoms in total. The number of carbonyl (C=O) groups excluding carboxylic acids is 2. The van der Waals surface area contributed by atoms with Crippen LogP contribution in [0.2, 0.25) is 5.02 Å². The number of ether oxygens (including phenoxy) is 1. The minimum Gasteiger partial charge on any atom is -0.507 e. The van der Waals surface area contributed by atoms with Gasteiger partial charge in [-0.1, -0.05) is 11.6 Å². The summed E-state index contributed by atoms with van der Waals surface area (Å²) in [6, 6.07) is 12.1. The number of carbonyl (C=O) groups is 2. The van der Waals surface area contributed by atoms with E-state index in [1.165, 1.54) is 6.92 Å². The zero-order valence-corrected chi connectivity index (χ0v) is 19.4. The predicted molar refractivity (Wildman–Crippen MR) is 131 cm³/mol. The molecule has 0 radical (unpaired) electrons. The molecule has 0 fully saturated rings. The highest BCUT2D eigenvalue weighted by Crippen LogP contribution is 2.46. The maximum Gasteiger partial charge on any atom is 0.274 e. The highest BCUT2D eigenvalue weighted by molar-refractivity contribution is 6.34. The fraction of sp³-hybridized carbons (Fsp3) is 0.200. The number of fused-ring (bicyclic) bond motifs is 4. The molecule has 0 saturated carbocycles. The molecule has 2 N–H and O–H groups in total. The van der Waals surface area contributed by atoms with Crippen molar-refractivity contribution in [3.8, 4) is 11.5 Å². The number of aromatic hydroxyl groups is 1. The third kappa shape index (κ3) is 3.41. The second kappa shape index (κ2) is 7.97. The van der Waals surface area contributed by atoms with Gasteiger partial charge < -0.3 is 19.7 Å². The van der Waals surface area contributed by atoms with Crippen molar-refractivity contribution in [2.75, 3.05) is 24.4 Å². The number of anilines is 1. The number of hydrogen-bond donors (Lipinski definition) is 2. The summed E-state index contributed by atoms with van der Waals surface area (Å²) in [6.07, 6.45) is 0. The predicted octanol–water partition coefficient (Wildman–Crippen LogP) is 5.87. The van der Waals surface area contributed by atoms with E-state index in [1.54, 1.807) is 48.4 Å². The molecule has 8 heteroatoms. The van der Waals surface area contributed by atoms with Gasteiger partial charge in [-0.05, 0) is 54.3 Å². The lowest BCUT2D eigenvalue weighted by atomic mass is 9.95. The van der Waals surface area contributed by atoms with Crippen LogP contribution in [0.3, 0.4) is 0 Å². The number of phenols is 1. The largest absolute Gasteiger partial charge is 0.507 e. The molecule has 1 aliphatic heterocycles. The standard InChI is InChI=1S/C25H20Cl2N2O4/c1-12(30)17-5-13-6-21(28-20(13)8-19(17)27)25(32)29-11-14(10-26)24-18-7-15(33-2)3-4-16(18)23(31)9-22(24)29/h3-9,14,28,31H,10-11H2,1-2H3/t14-/m1/s1. The lowest BCUT2D eigenvalue weighted by Gasteiger charge is -2.17. The topological polar surface area (TPSA) is 82.6 Å². The van der Waals surface area contributed by atoms with E-state index < -0.39 is 0 Å². The van der Waals surface area contributed by atoms with Gasteiger partial charge in [0.1, 0.15) is 17.2 Å². The number of hydrogen-bond acceptors (Lipinski definition) is 4. The van der Waals surface area contributed by atoms with Crippen LogP contribution in [0, 0.1) is 0 Å². The van der Waals surface area contributed by atoms with E-state index in [4.69, 9.17) is 27.9 Å². The molecule has 0 bridgehead atoms. The van der Waals surface area contributed by atoms with Crippen molar-refractivity contribution >= 4 is 62.3 Å². The van der Waals surface area contributed by atoms with Gasteiger partial charge in [0.25, 0.3) is 5.91 Å². The van der Waals surface area contributed by atoms with Gasteiger partial charge in [0.15, 0.2) is 5.78 Å². The second-order valence-corrected chi connectivity index (χ2v) is 8.88. The maximum atomic E-state index is 13.6. The van der Waals surface area contributed by atoms with Gasteiger partial charge in [-0.25, -0.2) is 0 Å². The summed E-state index contributed by atoms with van der Waals surface area (Å²) < 4.78 is 5.37. The lowest BCUT2D eigenvalue weighted by Crippen LogP contribution is -2.30. The van der Waals surface area contributed by atoms with Gasteiger partial charge in [0.05, 0.1) is 17.8 Å². The third-order valence-corrected chi connectivity index (χ3v) is 6.88. The van der Waals surface area contributed by atoms with E-state index in [0.29, 0.717) is 56.4 Å². The molecular formula is C25H20Cl2N2O4. The van der Waals surface area contributed by atoms with E-state index in [0.717, 1.165) is 10.9 Å². The number of phenolic OH excluding ortho intramolecular Hbond substituents is 1. The van der Waals surface area contributed by atoms with E-state index in [2.05, 4.69) is 4.98 Å². The van der Waals surface area contributed by atoms with Crippen molar-refractivity contribution in [2.45, 2.75) is 12.8 Å². The first-order valence-electron chi connectivity index (χ1n) is 10.4. The fourth-order valence-corrected chi connectivity index (χ4v) is 5.13. The normalized spacial score (nSPS) is 15.3. The number of H-pyrrole nitrogens is 1. The summed E-state index contributed by atoms with van der Waals surface area (Å²) in [5.41, 5.74) is 2.94. The van der Waals surface area contributed by atoms with Crippen LogP contribution < -0.4 is 9.64 Å². The summed E-state index contributed by atoms with van der Waals surface area (Å²) >= 11 is 12.5. The number of rotatable bonds is 4. The van der Waals surface area contributed by atoms with Crippen molar-refractivity contribution in [2.24, 2.45) is 0 Å². The smallest absolute Gasteiger partial charge is 0.274 e. The molecule has 1 atom stereocenters. The van der Waals surface area contributed by atoms with Crippen LogP contribution in [0.25, 0.3) is 21.7 Å². The van der Waals surface area contributed by atoms with Crippen LogP contribution in [0.1, 0.15) is 39.3 Å². The van der Waals surface area contributed by atoms with Gasteiger partial charge in [-0.3, -0.25) is 9.59 Å². The number of alkyl halides is 1. The Labute approximate surface area is 199 Å². The van der Waals surface area contributed by atoms with Crippen LogP contribution >= 0.6 is 23.2 Å². The third-order valence-electron chi connectivity index (χ3n) is 6.19.